The first-order valence-electron chi connectivity index (χ1n) is 8.36. The zero-order chi connectivity index (χ0) is 18.6. The van der Waals surface area contributed by atoms with E-state index < -0.39 is 0 Å². The van der Waals surface area contributed by atoms with Gasteiger partial charge in [0.05, 0.1) is 11.0 Å². The molecule has 1 aromatic heterocycles. The van der Waals surface area contributed by atoms with Crippen LogP contribution in [0.15, 0.2) is 78.9 Å². The summed E-state index contributed by atoms with van der Waals surface area (Å²) < 4.78 is 5.80. The zero-order valence-electron chi connectivity index (χ0n) is 14.3. The van der Waals surface area contributed by atoms with Crippen LogP contribution < -0.4 is 4.74 Å². The minimum Gasteiger partial charge on any atom is -0.506 e. The fourth-order valence-corrected chi connectivity index (χ4v) is 2.77. The molecule has 0 aliphatic rings. The monoisotopic (exact) mass is 353 g/mol. The first kappa shape index (κ1) is 16.4. The average Bonchev–Trinajstić information content (AvgIpc) is 3.13. The number of benzene rings is 3. The second-order valence-corrected chi connectivity index (χ2v) is 5.88. The molecule has 0 saturated carbocycles. The first-order valence-corrected chi connectivity index (χ1v) is 8.36. The molecule has 0 radical (unpaired) electrons. The molecule has 4 aromatic rings. The van der Waals surface area contributed by atoms with Crippen molar-refractivity contribution >= 4 is 22.4 Å². The lowest BCUT2D eigenvalue weighted by molar-refractivity contribution is 0.480. The van der Waals surface area contributed by atoms with Gasteiger partial charge in [-0.2, -0.15) is 5.26 Å². The molecular formula is C22H15N3O2. The summed E-state index contributed by atoms with van der Waals surface area (Å²) in [5.41, 5.74) is 2.08. The largest absolute Gasteiger partial charge is 0.506 e. The van der Waals surface area contributed by atoms with Crippen molar-refractivity contribution in [2.45, 2.75) is 0 Å². The number of para-hydroxylation sites is 3. The molecule has 0 bridgehead atoms. The second-order valence-electron chi connectivity index (χ2n) is 5.88. The van der Waals surface area contributed by atoms with E-state index in [1.165, 1.54) is 0 Å². The Balaban J connectivity index is 1.72. The highest BCUT2D eigenvalue weighted by Gasteiger charge is 2.15. The topological polar surface area (TPSA) is 81.9 Å². The van der Waals surface area contributed by atoms with E-state index in [1.807, 2.05) is 60.7 Å². The number of aliphatic hydroxyl groups excluding tert-OH is 1. The van der Waals surface area contributed by atoms with Gasteiger partial charge in [0.25, 0.3) is 0 Å². The molecule has 0 spiro atoms. The van der Waals surface area contributed by atoms with Gasteiger partial charge >= 0.3 is 0 Å². The lowest BCUT2D eigenvalue weighted by Crippen LogP contribution is -1.93. The van der Waals surface area contributed by atoms with Crippen LogP contribution in [-0.4, -0.2) is 15.1 Å². The minimum absolute atomic E-state index is 0.0723. The summed E-state index contributed by atoms with van der Waals surface area (Å²) in [5, 5.41) is 20.3. The van der Waals surface area contributed by atoms with Crippen molar-refractivity contribution < 1.29 is 9.84 Å². The van der Waals surface area contributed by atoms with Crippen LogP contribution in [0.1, 0.15) is 11.4 Å². The highest BCUT2D eigenvalue weighted by atomic mass is 16.5. The van der Waals surface area contributed by atoms with Crippen molar-refractivity contribution in [1.29, 1.82) is 5.26 Å². The number of fused-ring (bicyclic) bond motifs is 1. The standard InChI is InChI=1S/C22H15N3O2/c23-14-18(22-24-19-11-4-5-12-20(19)25-22)21(26)15-7-6-10-17(13-15)27-16-8-2-1-3-9-16/h1-13,26H,(H,24,25)/b21-18-. The van der Waals surface area contributed by atoms with Gasteiger partial charge in [-0.05, 0) is 36.4 Å². The predicted octanol–water partition coefficient (Wildman–Crippen LogP) is 5.31. The van der Waals surface area contributed by atoms with Crippen LogP contribution >= 0.6 is 0 Å². The lowest BCUT2D eigenvalue weighted by atomic mass is 10.1. The van der Waals surface area contributed by atoms with Crippen LogP contribution in [0, 0.1) is 11.3 Å². The van der Waals surface area contributed by atoms with Crippen molar-refractivity contribution in [3.8, 4) is 17.6 Å². The maximum Gasteiger partial charge on any atom is 0.153 e. The maximum atomic E-state index is 10.7. The Morgan fingerprint density at radius 3 is 2.44 bits per heavy atom. The van der Waals surface area contributed by atoms with Gasteiger partial charge in [-0.3, -0.25) is 0 Å². The van der Waals surface area contributed by atoms with Crippen molar-refractivity contribution in [2.75, 3.05) is 0 Å². The summed E-state index contributed by atoms with van der Waals surface area (Å²) in [6.45, 7) is 0. The Morgan fingerprint density at radius 2 is 1.67 bits per heavy atom. The third-order valence-electron chi connectivity index (χ3n) is 4.06. The lowest BCUT2D eigenvalue weighted by Gasteiger charge is -2.08. The quantitative estimate of drug-likeness (QED) is 0.385. The van der Waals surface area contributed by atoms with Gasteiger partial charge in [0.15, 0.2) is 5.82 Å². The number of aromatic amines is 1. The molecule has 130 valence electrons. The number of nitrogens with one attached hydrogen (secondary N) is 1. The number of allylic oxidation sites excluding steroid dienone is 1. The van der Waals surface area contributed by atoms with Gasteiger partial charge in [-0.25, -0.2) is 4.98 Å². The van der Waals surface area contributed by atoms with E-state index in [0.717, 1.165) is 11.0 Å². The molecule has 0 unspecified atom stereocenters. The number of imidazole rings is 1. The smallest absolute Gasteiger partial charge is 0.153 e. The van der Waals surface area contributed by atoms with E-state index in [0.29, 0.717) is 22.9 Å². The fraction of sp³-hybridized carbons (Fsp3) is 0. The highest BCUT2D eigenvalue weighted by molar-refractivity contribution is 5.94. The molecule has 0 aliphatic heterocycles. The third kappa shape index (κ3) is 3.37. The fourth-order valence-electron chi connectivity index (χ4n) is 2.77. The van der Waals surface area contributed by atoms with Gasteiger partial charge in [0.2, 0.25) is 0 Å². The zero-order valence-corrected chi connectivity index (χ0v) is 14.3. The number of rotatable bonds is 4. The second kappa shape index (κ2) is 7.06. The SMILES string of the molecule is N#C/C(=C(/O)c1cccc(Oc2ccccc2)c1)c1nc2ccccc2[nH]1. The Labute approximate surface area is 155 Å². The van der Waals surface area contributed by atoms with Crippen LogP contribution in [0.25, 0.3) is 22.4 Å². The van der Waals surface area contributed by atoms with Gasteiger partial charge in [0.1, 0.15) is 28.9 Å². The van der Waals surface area contributed by atoms with Crippen molar-refractivity contribution in [3.63, 3.8) is 0 Å². The van der Waals surface area contributed by atoms with Crippen LogP contribution in [0.3, 0.4) is 0 Å². The van der Waals surface area contributed by atoms with E-state index in [1.54, 1.807) is 24.3 Å². The Hall–Kier alpha value is -4.04. The molecule has 2 N–H and O–H groups in total. The van der Waals surface area contributed by atoms with Crippen molar-refractivity contribution in [3.05, 3.63) is 90.3 Å². The van der Waals surface area contributed by atoms with E-state index in [4.69, 9.17) is 4.74 Å². The molecule has 5 nitrogen and oxygen atoms in total. The minimum atomic E-state index is -0.157. The summed E-state index contributed by atoms with van der Waals surface area (Å²) in [7, 11) is 0. The summed E-state index contributed by atoms with van der Waals surface area (Å²) in [6, 6.07) is 25.8. The van der Waals surface area contributed by atoms with Crippen LogP contribution in [0.4, 0.5) is 0 Å². The summed E-state index contributed by atoms with van der Waals surface area (Å²) in [4.78, 5) is 7.46. The molecule has 0 atom stereocenters. The number of hydrogen-bond acceptors (Lipinski definition) is 4. The number of nitriles is 1. The number of H-pyrrole nitrogens is 1. The Morgan fingerprint density at radius 1 is 0.926 bits per heavy atom. The van der Waals surface area contributed by atoms with Crippen molar-refractivity contribution in [1.82, 2.24) is 9.97 Å². The third-order valence-corrected chi connectivity index (χ3v) is 4.06. The van der Waals surface area contributed by atoms with Gasteiger partial charge in [-0.1, -0.05) is 42.5 Å². The molecule has 3 aromatic carbocycles. The molecule has 0 saturated heterocycles. The Kier molecular flexibility index (Phi) is 4.30. The molecule has 0 amide bonds. The van der Waals surface area contributed by atoms with E-state index in [-0.39, 0.29) is 11.3 Å². The molecule has 5 heteroatoms. The maximum absolute atomic E-state index is 10.7. The molecule has 27 heavy (non-hydrogen) atoms. The average molecular weight is 353 g/mol. The Bertz CT molecular complexity index is 1140. The molecule has 1 heterocycles. The molecule has 0 aliphatic carbocycles. The summed E-state index contributed by atoms with van der Waals surface area (Å²) >= 11 is 0. The highest BCUT2D eigenvalue weighted by Crippen LogP contribution is 2.28. The predicted molar refractivity (Wildman–Crippen MR) is 104 cm³/mol. The van der Waals surface area contributed by atoms with Gasteiger partial charge in [0, 0.05) is 5.56 Å². The number of hydrogen-bond donors (Lipinski definition) is 2. The van der Waals surface area contributed by atoms with Gasteiger partial charge in [-0.15, -0.1) is 0 Å². The molecule has 0 fully saturated rings. The van der Waals surface area contributed by atoms with Crippen LogP contribution in [0.5, 0.6) is 11.5 Å². The number of ether oxygens (including phenoxy) is 1. The van der Waals surface area contributed by atoms with E-state index in [9.17, 15) is 10.4 Å². The van der Waals surface area contributed by atoms with Crippen molar-refractivity contribution in [2.24, 2.45) is 0 Å². The normalized spacial score (nSPS) is 11.7. The first-order chi connectivity index (χ1) is 13.2. The van der Waals surface area contributed by atoms with Crippen LogP contribution in [0.2, 0.25) is 0 Å². The van der Waals surface area contributed by atoms with E-state index >= 15 is 0 Å². The summed E-state index contributed by atoms with van der Waals surface area (Å²) in [6.07, 6.45) is 0. The molecule has 4 rings (SSSR count). The van der Waals surface area contributed by atoms with Gasteiger partial charge < -0.3 is 14.8 Å². The number of nitrogens with zero attached hydrogens (tertiary/aromatic N) is 2. The van der Waals surface area contributed by atoms with E-state index in [2.05, 4.69) is 9.97 Å². The molecular weight excluding hydrogens is 338 g/mol. The number of aromatic nitrogens is 2. The number of aliphatic hydroxyl groups is 1. The summed E-state index contributed by atoms with van der Waals surface area (Å²) in [5.74, 6) is 1.42. The van der Waals surface area contributed by atoms with Crippen LogP contribution in [-0.2, 0) is 0 Å².